The number of aromatic nitrogens is 1. The van der Waals surface area contributed by atoms with Gasteiger partial charge in [-0.15, -0.1) is 0 Å². The molecule has 1 heterocycles. The van der Waals surface area contributed by atoms with Crippen LogP contribution in [0.1, 0.15) is 20.7 Å². The number of carboxylic acid groups (broad SMARTS) is 2. The van der Waals surface area contributed by atoms with Crippen molar-refractivity contribution >= 4 is 126 Å². The minimum atomic E-state index is -1.21. The number of benzene rings is 1. The van der Waals surface area contributed by atoms with Gasteiger partial charge in [0.25, 0.3) is 0 Å². The molecule has 0 unspecified atom stereocenters. The van der Waals surface area contributed by atoms with Gasteiger partial charge in [-0.3, -0.25) is 0 Å². The van der Waals surface area contributed by atoms with E-state index in [-0.39, 0.29) is 120 Å². The third kappa shape index (κ3) is 6.18. The third-order valence-corrected chi connectivity index (χ3v) is 2.42. The van der Waals surface area contributed by atoms with E-state index in [0.717, 1.165) is 6.07 Å². The quantitative estimate of drug-likeness (QED) is 0.731. The Morgan fingerprint density at radius 2 is 1.71 bits per heavy atom. The van der Waals surface area contributed by atoms with Crippen molar-refractivity contribution in [2.75, 3.05) is 5.32 Å². The second-order valence-corrected chi connectivity index (χ2v) is 3.71. The molecular formula is C13H10K2N2O4. The summed E-state index contributed by atoms with van der Waals surface area (Å²) in [5.74, 6) is -1.90. The molecule has 6 nitrogen and oxygen atoms in total. The molecule has 0 amide bonds. The van der Waals surface area contributed by atoms with Crippen LogP contribution in [0.15, 0.2) is 42.6 Å². The largest absolute Gasteiger partial charge is 0.478 e. The summed E-state index contributed by atoms with van der Waals surface area (Å²) in [6, 6.07) is 9.01. The molecule has 2 aromatic rings. The number of pyridine rings is 1. The maximum atomic E-state index is 11.1. The van der Waals surface area contributed by atoms with E-state index in [0.29, 0.717) is 5.82 Å². The van der Waals surface area contributed by atoms with Crippen molar-refractivity contribution < 1.29 is 19.8 Å². The van der Waals surface area contributed by atoms with Crippen LogP contribution in [-0.4, -0.2) is 130 Å². The average molecular weight is 336 g/mol. The van der Waals surface area contributed by atoms with E-state index in [9.17, 15) is 9.59 Å². The van der Waals surface area contributed by atoms with Crippen molar-refractivity contribution in [2.24, 2.45) is 0 Å². The first kappa shape index (κ1) is 21.4. The van der Waals surface area contributed by atoms with E-state index in [1.165, 1.54) is 12.1 Å². The van der Waals surface area contributed by atoms with E-state index in [4.69, 9.17) is 10.2 Å². The summed E-state index contributed by atoms with van der Waals surface area (Å²) >= 11 is 0. The molecule has 0 aliphatic rings. The molecule has 0 saturated heterocycles. The van der Waals surface area contributed by atoms with Crippen molar-refractivity contribution in [3.63, 3.8) is 0 Å². The Morgan fingerprint density at radius 3 is 2.24 bits per heavy atom. The minimum Gasteiger partial charge on any atom is -0.478 e. The zero-order valence-corrected chi connectivity index (χ0v) is 17.9. The zero-order chi connectivity index (χ0) is 13.8. The summed E-state index contributed by atoms with van der Waals surface area (Å²) in [5.41, 5.74) is 0.0886. The van der Waals surface area contributed by atoms with Crippen LogP contribution < -0.4 is 5.32 Å². The van der Waals surface area contributed by atoms with Gasteiger partial charge in [0.1, 0.15) is 5.82 Å². The molecule has 0 bridgehead atoms. The normalized spacial score (nSPS) is 8.95. The van der Waals surface area contributed by atoms with Crippen LogP contribution >= 0.6 is 0 Å². The maximum absolute atomic E-state index is 11.1. The van der Waals surface area contributed by atoms with Crippen molar-refractivity contribution in [1.29, 1.82) is 0 Å². The number of rotatable bonds is 4. The fourth-order valence-corrected chi connectivity index (χ4v) is 1.54. The molecule has 21 heavy (non-hydrogen) atoms. The molecule has 98 valence electrons. The molecule has 0 atom stereocenters. The molecule has 0 aliphatic heterocycles. The van der Waals surface area contributed by atoms with Crippen LogP contribution in [0.4, 0.5) is 11.5 Å². The molecule has 0 fully saturated rings. The minimum absolute atomic E-state index is 0. The summed E-state index contributed by atoms with van der Waals surface area (Å²) in [4.78, 5) is 26.0. The fourth-order valence-electron chi connectivity index (χ4n) is 1.54. The smallest absolute Gasteiger partial charge is 0.337 e. The van der Waals surface area contributed by atoms with E-state index < -0.39 is 11.9 Å². The van der Waals surface area contributed by atoms with Gasteiger partial charge in [-0.1, -0.05) is 6.07 Å². The zero-order valence-electron chi connectivity index (χ0n) is 11.7. The standard InChI is InChI=1S/C13H10N2O4.2K/c16-12(17)8-4-5-10(9(7-8)13(18)19)15-11-3-1-2-6-14-11;;/h1-7H,(H,14,15)(H,16,17)(H,18,19);;. The number of hydrogen-bond donors (Lipinski definition) is 3. The molecule has 0 spiro atoms. The number of hydrogen-bond acceptors (Lipinski definition) is 4. The molecule has 0 saturated carbocycles. The molecule has 0 aliphatic carbocycles. The molecule has 1 aromatic carbocycles. The van der Waals surface area contributed by atoms with Gasteiger partial charge in [-0.05, 0) is 30.3 Å². The number of anilines is 2. The number of aromatic carboxylic acids is 2. The molecule has 1 aromatic heterocycles. The summed E-state index contributed by atoms with van der Waals surface area (Å²) in [7, 11) is 0. The molecule has 2 radical (unpaired) electrons. The van der Waals surface area contributed by atoms with Crippen molar-refractivity contribution in [3.8, 4) is 0 Å². The second-order valence-electron chi connectivity index (χ2n) is 3.71. The summed E-state index contributed by atoms with van der Waals surface area (Å²) in [6.07, 6.45) is 1.56. The van der Waals surface area contributed by atoms with Gasteiger partial charge in [-0.25, -0.2) is 14.6 Å². The van der Waals surface area contributed by atoms with Crippen LogP contribution in [0.5, 0.6) is 0 Å². The van der Waals surface area contributed by atoms with Gasteiger partial charge in [0.05, 0.1) is 16.8 Å². The summed E-state index contributed by atoms with van der Waals surface area (Å²) in [5, 5.41) is 20.8. The number of carboxylic acids is 2. The molecule has 8 heteroatoms. The Morgan fingerprint density at radius 1 is 1.00 bits per heavy atom. The first-order valence-electron chi connectivity index (χ1n) is 5.36. The monoisotopic (exact) mass is 336 g/mol. The van der Waals surface area contributed by atoms with Crippen molar-refractivity contribution in [2.45, 2.75) is 0 Å². The molecular weight excluding hydrogens is 326 g/mol. The summed E-state index contributed by atoms with van der Waals surface area (Å²) in [6.45, 7) is 0. The number of carbonyl (C=O) groups is 2. The van der Waals surface area contributed by atoms with E-state index >= 15 is 0 Å². The van der Waals surface area contributed by atoms with Gasteiger partial charge in [-0.2, -0.15) is 0 Å². The van der Waals surface area contributed by atoms with E-state index in [1.807, 2.05) is 0 Å². The second kappa shape index (κ2) is 10.2. The number of nitrogens with zero attached hydrogens (tertiary/aromatic N) is 1. The van der Waals surface area contributed by atoms with E-state index in [1.54, 1.807) is 24.4 Å². The van der Waals surface area contributed by atoms with Gasteiger partial charge >= 0.3 is 11.9 Å². The fraction of sp³-hybridized carbons (Fsp3) is 0. The van der Waals surface area contributed by atoms with Gasteiger partial charge < -0.3 is 15.5 Å². The van der Waals surface area contributed by atoms with Gasteiger partial charge in [0.15, 0.2) is 0 Å². The van der Waals surface area contributed by atoms with Crippen LogP contribution in [-0.2, 0) is 0 Å². The molecule has 3 N–H and O–H groups in total. The van der Waals surface area contributed by atoms with Gasteiger partial charge in [0.2, 0.25) is 0 Å². The van der Waals surface area contributed by atoms with Crippen LogP contribution in [0.2, 0.25) is 0 Å². The summed E-state index contributed by atoms with van der Waals surface area (Å²) < 4.78 is 0. The van der Waals surface area contributed by atoms with Crippen molar-refractivity contribution in [1.82, 2.24) is 4.98 Å². The SMILES string of the molecule is O=C(O)c1ccc(Nc2ccccn2)c(C(=O)O)c1.[K].[K]. The first-order chi connectivity index (χ1) is 9.08. The first-order valence-corrected chi connectivity index (χ1v) is 5.36. The number of nitrogens with one attached hydrogen (secondary N) is 1. The Balaban J connectivity index is 0.00000200. The van der Waals surface area contributed by atoms with Crippen LogP contribution in [0.25, 0.3) is 0 Å². The average Bonchev–Trinajstić information content (AvgIpc) is 2.39. The Hall–Kier alpha value is 0.383. The van der Waals surface area contributed by atoms with Crippen LogP contribution in [0, 0.1) is 0 Å². The molecule has 2 rings (SSSR count). The Kier molecular flexibility index (Phi) is 10.4. The third-order valence-electron chi connectivity index (χ3n) is 2.42. The maximum Gasteiger partial charge on any atom is 0.337 e. The Labute approximate surface area is 206 Å². The van der Waals surface area contributed by atoms with Crippen molar-refractivity contribution in [3.05, 3.63) is 53.7 Å². The predicted molar refractivity (Wildman–Crippen MR) is 79.4 cm³/mol. The topological polar surface area (TPSA) is 99.5 Å². The predicted octanol–water partition coefficient (Wildman–Crippen LogP) is 1.46. The van der Waals surface area contributed by atoms with E-state index in [2.05, 4.69) is 10.3 Å². The van der Waals surface area contributed by atoms with Gasteiger partial charge in [0, 0.05) is 109 Å². The Bertz CT molecular complexity index is 635. The van der Waals surface area contributed by atoms with Crippen LogP contribution in [0.3, 0.4) is 0 Å².